The number of benzene rings is 1. The lowest BCUT2D eigenvalue weighted by Gasteiger charge is -2.25. The second kappa shape index (κ2) is 5.22. The van der Waals surface area contributed by atoms with Crippen molar-refractivity contribution >= 4 is 40.0 Å². The summed E-state index contributed by atoms with van der Waals surface area (Å²) in [5.74, 6) is 0. The van der Waals surface area contributed by atoms with Gasteiger partial charge in [-0.1, -0.05) is 35.3 Å². The molecule has 0 saturated carbocycles. The largest absolute Gasteiger partial charge is 0.280 e. The Bertz CT molecular complexity index is 428. The van der Waals surface area contributed by atoms with E-state index < -0.39 is 10.7 Å². The summed E-state index contributed by atoms with van der Waals surface area (Å²) < 4.78 is 0. The van der Waals surface area contributed by atoms with Crippen LogP contribution in [-0.4, -0.2) is 5.24 Å². The van der Waals surface area contributed by atoms with E-state index in [0.29, 0.717) is 22.0 Å². The Balaban J connectivity index is 3.31. The first-order valence-corrected chi connectivity index (χ1v) is 5.81. The van der Waals surface area contributed by atoms with Gasteiger partial charge < -0.3 is 0 Å². The molecule has 0 amide bonds. The summed E-state index contributed by atoms with van der Waals surface area (Å²) in [5.41, 5.74) is -0.191. The minimum Gasteiger partial charge on any atom is -0.280 e. The molecule has 16 heavy (non-hydrogen) atoms. The second-order valence-corrected chi connectivity index (χ2v) is 4.91. The van der Waals surface area contributed by atoms with Crippen molar-refractivity contribution in [2.24, 2.45) is 0 Å². The average Bonchev–Trinajstić information content (AvgIpc) is 2.17. The van der Waals surface area contributed by atoms with Gasteiger partial charge in [0.2, 0.25) is 5.24 Å². The molecule has 1 atom stereocenters. The van der Waals surface area contributed by atoms with Crippen molar-refractivity contribution < 1.29 is 4.79 Å². The molecule has 0 aliphatic rings. The zero-order valence-electron chi connectivity index (χ0n) is 8.77. The monoisotopic (exact) mass is 276 g/mol. The van der Waals surface area contributed by atoms with Crippen LogP contribution in [0.2, 0.25) is 10.0 Å². The molecule has 1 unspecified atom stereocenters. The predicted octanol–water partition coefficient (Wildman–Crippen LogP) is 4.59. The minimum atomic E-state index is -0.856. The summed E-state index contributed by atoms with van der Waals surface area (Å²) in [4.78, 5) is 11.5. The molecule has 0 N–H and O–H groups in total. The molecule has 0 aromatic heterocycles. The van der Waals surface area contributed by atoms with Crippen molar-refractivity contribution in [3.8, 4) is 0 Å². The van der Waals surface area contributed by atoms with Crippen LogP contribution in [0.15, 0.2) is 30.9 Å². The first-order chi connectivity index (χ1) is 7.41. The highest BCUT2D eigenvalue weighted by Gasteiger charge is 2.34. The van der Waals surface area contributed by atoms with Gasteiger partial charge >= 0.3 is 0 Å². The van der Waals surface area contributed by atoms with Crippen LogP contribution in [-0.2, 0) is 10.2 Å². The van der Waals surface area contributed by atoms with Gasteiger partial charge in [0.25, 0.3) is 0 Å². The van der Waals surface area contributed by atoms with Crippen LogP contribution >= 0.6 is 34.8 Å². The van der Waals surface area contributed by atoms with Gasteiger partial charge in [0, 0.05) is 10.0 Å². The Morgan fingerprint density at radius 1 is 1.50 bits per heavy atom. The van der Waals surface area contributed by atoms with Crippen molar-refractivity contribution in [2.45, 2.75) is 18.8 Å². The Morgan fingerprint density at radius 3 is 2.56 bits per heavy atom. The Morgan fingerprint density at radius 2 is 2.12 bits per heavy atom. The molecule has 0 aliphatic heterocycles. The van der Waals surface area contributed by atoms with E-state index in [0.717, 1.165) is 0 Å². The molecule has 1 aromatic carbocycles. The molecule has 0 saturated heterocycles. The fourth-order valence-corrected chi connectivity index (χ4v) is 2.32. The zero-order valence-corrected chi connectivity index (χ0v) is 11.0. The van der Waals surface area contributed by atoms with Crippen LogP contribution in [0.1, 0.15) is 18.9 Å². The van der Waals surface area contributed by atoms with Crippen molar-refractivity contribution in [2.75, 3.05) is 0 Å². The smallest absolute Gasteiger partial charge is 0.232 e. The molecule has 0 bridgehead atoms. The van der Waals surface area contributed by atoms with Crippen molar-refractivity contribution in [3.05, 3.63) is 46.5 Å². The Labute approximate surface area is 110 Å². The standard InChI is InChI=1S/C12H11Cl3O/c1-3-6-12(2,11(15)16)9-5-4-8(13)7-10(9)14/h3-5,7H,1,6H2,2H3. The van der Waals surface area contributed by atoms with E-state index >= 15 is 0 Å². The van der Waals surface area contributed by atoms with E-state index in [1.165, 1.54) is 0 Å². The van der Waals surface area contributed by atoms with Crippen LogP contribution in [0, 0.1) is 0 Å². The molecule has 86 valence electrons. The number of allylic oxidation sites excluding steroid dienone is 1. The average molecular weight is 278 g/mol. The molecule has 1 rings (SSSR count). The van der Waals surface area contributed by atoms with E-state index in [2.05, 4.69) is 6.58 Å². The molecule has 0 radical (unpaired) electrons. The van der Waals surface area contributed by atoms with Crippen molar-refractivity contribution in [1.82, 2.24) is 0 Å². The van der Waals surface area contributed by atoms with Gasteiger partial charge in [-0.25, -0.2) is 0 Å². The quantitative estimate of drug-likeness (QED) is 0.581. The number of carbonyl (C=O) groups excluding carboxylic acids is 1. The highest BCUT2D eigenvalue weighted by atomic mass is 35.5. The number of carbonyl (C=O) groups is 1. The van der Waals surface area contributed by atoms with E-state index in [4.69, 9.17) is 34.8 Å². The summed E-state index contributed by atoms with van der Waals surface area (Å²) >= 11 is 17.5. The SMILES string of the molecule is C=CCC(C)(C(=O)Cl)c1ccc(Cl)cc1Cl. The van der Waals surface area contributed by atoms with Gasteiger partial charge in [0.15, 0.2) is 0 Å². The second-order valence-electron chi connectivity index (χ2n) is 3.72. The summed E-state index contributed by atoms with van der Waals surface area (Å²) in [6.07, 6.45) is 2.07. The molecule has 4 heteroatoms. The molecule has 1 aromatic rings. The van der Waals surface area contributed by atoms with E-state index in [-0.39, 0.29) is 0 Å². The third kappa shape index (κ3) is 2.60. The van der Waals surface area contributed by atoms with Crippen LogP contribution in [0.4, 0.5) is 0 Å². The molecule has 0 aliphatic carbocycles. The minimum absolute atomic E-state index is 0.427. The zero-order chi connectivity index (χ0) is 12.3. The van der Waals surface area contributed by atoms with Gasteiger partial charge in [-0.3, -0.25) is 4.79 Å². The van der Waals surface area contributed by atoms with E-state index in [9.17, 15) is 4.79 Å². The van der Waals surface area contributed by atoms with Gasteiger partial charge in [-0.15, -0.1) is 6.58 Å². The van der Waals surface area contributed by atoms with Gasteiger partial charge in [-0.05, 0) is 42.6 Å². The molecular weight excluding hydrogens is 266 g/mol. The van der Waals surface area contributed by atoms with Crippen LogP contribution < -0.4 is 0 Å². The number of hydrogen-bond acceptors (Lipinski definition) is 1. The van der Waals surface area contributed by atoms with Crippen LogP contribution in [0.3, 0.4) is 0 Å². The van der Waals surface area contributed by atoms with Crippen LogP contribution in [0.5, 0.6) is 0 Å². The summed E-state index contributed by atoms with van der Waals surface area (Å²) in [5, 5.41) is 0.499. The third-order valence-electron chi connectivity index (χ3n) is 2.51. The summed E-state index contributed by atoms with van der Waals surface area (Å²) in [7, 11) is 0. The van der Waals surface area contributed by atoms with E-state index in [1.807, 2.05) is 0 Å². The first-order valence-electron chi connectivity index (χ1n) is 4.68. The molecule has 0 fully saturated rings. The Kier molecular flexibility index (Phi) is 4.43. The maximum absolute atomic E-state index is 11.5. The number of hydrogen-bond donors (Lipinski definition) is 0. The summed E-state index contributed by atoms with van der Waals surface area (Å²) in [6.45, 7) is 5.36. The van der Waals surface area contributed by atoms with E-state index in [1.54, 1.807) is 31.2 Å². The first kappa shape index (κ1) is 13.6. The normalized spacial score (nSPS) is 14.2. The summed E-state index contributed by atoms with van der Waals surface area (Å²) in [6, 6.07) is 5.00. The predicted molar refractivity (Wildman–Crippen MR) is 69.5 cm³/mol. The maximum atomic E-state index is 11.5. The van der Waals surface area contributed by atoms with Crippen molar-refractivity contribution in [1.29, 1.82) is 0 Å². The number of rotatable bonds is 4. The van der Waals surface area contributed by atoms with Crippen molar-refractivity contribution in [3.63, 3.8) is 0 Å². The highest BCUT2D eigenvalue weighted by Crippen LogP contribution is 2.36. The molecule has 0 spiro atoms. The maximum Gasteiger partial charge on any atom is 0.232 e. The number of halogens is 3. The lowest BCUT2D eigenvalue weighted by molar-refractivity contribution is -0.116. The fourth-order valence-electron chi connectivity index (χ4n) is 1.52. The fraction of sp³-hybridized carbons (Fsp3) is 0.250. The molecule has 1 nitrogen and oxygen atoms in total. The van der Waals surface area contributed by atoms with Gasteiger partial charge in [0.05, 0.1) is 5.41 Å². The van der Waals surface area contributed by atoms with Gasteiger partial charge in [-0.2, -0.15) is 0 Å². The lowest BCUT2D eigenvalue weighted by atomic mass is 9.81. The Hall–Kier alpha value is -0.500. The molecule has 0 heterocycles. The third-order valence-corrected chi connectivity index (χ3v) is 3.48. The lowest BCUT2D eigenvalue weighted by Crippen LogP contribution is -2.28. The van der Waals surface area contributed by atoms with Gasteiger partial charge in [0.1, 0.15) is 0 Å². The topological polar surface area (TPSA) is 17.1 Å². The van der Waals surface area contributed by atoms with Crippen LogP contribution in [0.25, 0.3) is 0 Å². The molecular formula is C12H11Cl3O. The highest BCUT2D eigenvalue weighted by molar-refractivity contribution is 6.65.